The van der Waals surface area contributed by atoms with Gasteiger partial charge in [-0.1, -0.05) is 42.5 Å². The Morgan fingerprint density at radius 3 is 2.52 bits per heavy atom. The van der Waals surface area contributed by atoms with Gasteiger partial charge in [-0.15, -0.1) is 0 Å². The molecule has 0 aromatic heterocycles. The Balaban J connectivity index is 1.75. The van der Waals surface area contributed by atoms with Gasteiger partial charge in [-0.25, -0.2) is 0 Å². The monoisotopic (exact) mass is 422 g/mol. The fourth-order valence-electron chi connectivity index (χ4n) is 4.94. The van der Waals surface area contributed by atoms with Gasteiger partial charge in [0.15, 0.2) is 0 Å². The van der Waals surface area contributed by atoms with Crippen molar-refractivity contribution < 1.29 is 9.72 Å². The van der Waals surface area contributed by atoms with Crippen molar-refractivity contribution in [2.75, 3.05) is 20.1 Å². The van der Waals surface area contributed by atoms with Gasteiger partial charge in [0.25, 0.3) is 5.69 Å². The quantitative estimate of drug-likeness (QED) is 0.603. The van der Waals surface area contributed by atoms with Crippen molar-refractivity contribution in [3.8, 4) is 0 Å². The lowest BCUT2D eigenvalue weighted by Gasteiger charge is -2.51. The first-order valence-corrected chi connectivity index (χ1v) is 10.7. The van der Waals surface area contributed by atoms with Crippen molar-refractivity contribution in [1.29, 1.82) is 0 Å². The van der Waals surface area contributed by atoms with Gasteiger partial charge in [0.05, 0.1) is 10.5 Å². The summed E-state index contributed by atoms with van der Waals surface area (Å²) in [5, 5.41) is 14.8. The van der Waals surface area contributed by atoms with E-state index in [1.165, 1.54) is 17.2 Å². The number of amides is 1. The number of nitrogens with one attached hydrogen (secondary N) is 1. The van der Waals surface area contributed by atoms with Gasteiger partial charge < -0.3 is 5.32 Å². The van der Waals surface area contributed by atoms with E-state index in [9.17, 15) is 14.9 Å². The third-order valence-electron chi connectivity index (χ3n) is 6.33. The second-order valence-electron chi connectivity index (χ2n) is 9.65. The highest BCUT2D eigenvalue weighted by Crippen LogP contribution is 2.40. The van der Waals surface area contributed by atoms with Crippen LogP contribution in [0.3, 0.4) is 0 Å². The van der Waals surface area contributed by atoms with Crippen molar-refractivity contribution in [1.82, 2.24) is 15.1 Å². The zero-order valence-electron chi connectivity index (χ0n) is 18.5. The lowest BCUT2D eigenvalue weighted by atomic mass is 9.84. The van der Waals surface area contributed by atoms with Gasteiger partial charge in [-0.2, -0.15) is 0 Å². The van der Waals surface area contributed by atoms with E-state index in [1.807, 2.05) is 20.8 Å². The Kier molecular flexibility index (Phi) is 5.58. The number of rotatable bonds is 4. The Labute approximate surface area is 183 Å². The number of hydrogen-bond donors (Lipinski definition) is 1. The molecule has 2 aromatic rings. The molecule has 0 radical (unpaired) electrons. The number of nitrogens with zero attached hydrogens (tertiary/aromatic N) is 3. The minimum atomic E-state index is -0.718. The maximum atomic E-state index is 13.5. The standard InChI is InChI=1S/C24H30N4O3/c1-24(2,3)25-23(29)22(19-11-7-8-12-20(19)28(30)31)27-14-17-13-16-9-5-6-10-18(16)21(15-27)26(17)4/h5-12,17,21-22H,13-15H2,1-4H3,(H,25,29)/t17-,21-,22?/m1/s1. The molecule has 2 aromatic carbocycles. The molecule has 1 N–H and O–H groups in total. The summed E-state index contributed by atoms with van der Waals surface area (Å²) in [7, 11) is 2.14. The molecule has 1 amide bonds. The van der Waals surface area contributed by atoms with Crippen LogP contribution in [0, 0.1) is 10.1 Å². The van der Waals surface area contributed by atoms with E-state index >= 15 is 0 Å². The zero-order chi connectivity index (χ0) is 22.3. The van der Waals surface area contributed by atoms with Crippen LogP contribution in [-0.2, 0) is 11.2 Å². The fraction of sp³-hybridized carbons (Fsp3) is 0.458. The summed E-state index contributed by atoms with van der Waals surface area (Å²) in [6.45, 7) is 7.09. The minimum absolute atomic E-state index is 0.0129. The number of likely N-dealkylation sites (N-methyl/N-ethyl adjacent to an activating group) is 1. The molecule has 2 aliphatic heterocycles. The Morgan fingerprint density at radius 2 is 1.81 bits per heavy atom. The van der Waals surface area contributed by atoms with Crippen molar-refractivity contribution in [3.05, 3.63) is 75.3 Å². The van der Waals surface area contributed by atoms with Gasteiger partial charge in [-0.3, -0.25) is 24.7 Å². The first-order chi connectivity index (χ1) is 14.7. The average Bonchev–Trinajstić information content (AvgIpc) is 2.68. The maximum Gasteiger partial charge on any atom is 0.274 e. The third-order valence-corrected chi connectivity index (χ3v) is 6.33. The average molecular weight is 423 g/mol. The number of nitro benzene ring substituents is 1. The number of carbonyl (C=O) groups excluding carboxylic acids is 1. The van der Waals surface area contributed by atoms with Gasteiger partial charge in [-0.05, 0) is 45.4 Å². The molecule has 1 unspecified atom stereocenters. The summed E-state index contributed by atoms with van der Waals surface area (Å²) >= 11 is 0. The second kappa shape index (κ2) is 8.05. The normalized spacial score (nSPS) is 22.5. The van der Waals surface area contributed by atoms with Gasteiger partial charge >= 0.3 is 0 Å². The second-order valence-corrected chi connectivity index (χ2v) is 9.65. The van der Waals surface area contributed by atoms with Crippen LogP contribution in [0.2, 0.25) is 0 Å². The maximum absolute atomic E-state index is 13.5. The van der Waals surface area contributed by atoms with Gasteiger partial charge in [0.2, 0.25) is 5.91 Å². The summed E-state index contributed by atoms with van der Waals surface area (Å²) in [5.74, 6) is -0.197. The number of benzene rings is 2. The summed E-state index contributed by atoms with van der Waals surface area (Å²) in [6, 6.07) is 14.8. The largest absolute Gasteiger partial charge is 0.350 e. The molecule has 0 aliphatic carbocycles. The van der Waals surface area contributed by atoms with E-state index in [2.05, 4.69) is 46.4 Å². The number of hydrogen-bond acceptors (Lipinski definition) is 5. The Hall–Kier alpha value is -2.77. The Bertz CT molecular complexity index is 1000. The molecule has 164 valence electrons. The van der Waals surface area contributed by atoms with E-state index in [-0.39, 0.29) is 28.6 Å². The molecule has 1 fully saturated rings. The first kappa shape index (κ1) is 21.5. The van der Waals surface area contributed by atoms with E-state index in [0.717, 1.165) is 6.42 Å². The van der Waals surface area contributed by atoms with Crippen molar-refractivity contribution in [2.24, 2.45) is 0 Å². The lowest BCUT2D eigenvalue weighted by Crippen LogP contribution is -2.59. The van der Waals surface area contributed by atoms with Gasteiger partial charge in [0, 0.05) is 36.8 Å². The van der Waals surface area contributed by atoms with Crippen LogP contribution < -0.4 is 5.32 Å². The molecular formula is C24H30N4O3. The highest BCUT2D eigenvalue weighted by Gasteiger charge is 2.43. The molecule has 7 heteroatoms. The predicted molar refractivity (Wildman–Crippen MR) is 120 cm³/mol. The molecule has 4 rings (SSSR count). The molecule has 1 saturated heterocycles. The van der Waals surface area contributed by atoms with E-state index in [1.54, 1.807) is 18.2 Å². The molecule has 2 heterocycles. The van der Waals surface area contributed by atoms with Crippen LogP contribution >= 0.6 is 0 Å². The van der Waals surface area contributed by atoms with Crippen LogP contribution in [0.4, 0.5) is 5.69 Å². The van der Waals surface area contributed by atoms with Crippen LogP contribution in [0.1, 0.15) is 49.5 Å². The van der Waals surface area contributed by atoms with Crippen LogP contribution in [0.15, 0.2) is 48.5 Å². The molecule has 3 atom stereocenters. The molecule has 2 aliphatic rings. The fourth-order valence-corrected chi connectivity index (χ4v) is 4.94. The van der Waals surface area contributed by atoms with Crippen molar-refractivity contribution in [3.63, 3.8) is 0 Å². The number of para-hydroxylation sites is 1. The summed E-state index contributed by atoms with van der Waals surface area (Å²) in [4.78, 5) is 29.4. The van der Waals surface area contributed by atoms with Crippen molar-refractivity contribution >= 4 is 11.6 Å². The van der Waals surface area contributed by atoms with E-state index in [0.29, 0.717) is 18.7 Å². The molecule has 0 spiro atoms. The summed E-state index contributed by atoms with van der Waals surface area (Å²) in [6.07, 6.45) is 0.907. The Morgan fingerprint density at radius 1 is 1.13 bits per heavy atom. The van der Waals surface area contributed by atoms with Crippen LogP contribution in [0.5, 0.6) is 0 Å². The summed E-state index contributed by atoms with van der Waals surface area (Å²) < 4.78 is 0. The topological polar surface area (TPSA) is 78.7 Å². The van der Waals surface area contributed by atoms with Crippen molar-refractivity contribution in [2.45, 2.75) is 50.9 Å². The predicted octanol–water partition coefficient (Wildman–Crippen LogP) is 3.46. The zero-order valence-corrected chi connectivity index (χ0v) is 18.5. The lowest BCUT2D eigenvalue weighted by molar-refractivity contribution is -0.385. The van der Waals surface area contributed by atoms with Gasteiger partial charge in [0.1, 0.15) is 6.04 Å². The molecular weight excluding hydrogens is 392 g/mol. The third kappa shape index (κ3) is 4.20. The molecule has 0 saturated carbocycles. The molecule has 31 heavy (non-hydrogen) atoms. The highest BCUT2D eigenvalue weighted by molar-refractivity contribution is 5.85. The number of piperazine rings is 1. The highest BCUT2D eigenvalue weighted by atomic mass is 16.6. The molecule has 2 bridgehead atoms. The molecule has 7 nitrogen and oxygen atoms in total. The number of fused-ring (bicyclic) bond motifs is 4. The smallest absolute Gasteiger partial charge is 0.274 e. The van der Waals surface area contributed by atoms with E-state index < -0.39 is 11.6 Å². The minimum Gasteiger partial charge on any atom is -0.350 e. The number of carbonyl (C=O) groups is 1. The first-order valence-electron chi connectivity index (χ1n) is 10.7. The van der Waals surface area contributed by atoms with E-state index in [4.69, 9.17) is 0 Å². The van der Waals surface area contributed by atoms with Crippen LogP contribution in [-0.4, -0.2) is 52.3 Å². The summed E-state index contributed by atoms with van der Waals surface area (Å²) in [5.41, 5.74) is 2.64. The SMILES string of the molecule is CN1[C@@H]2Cc3ccccc3[C@H]1CN(C(C(=O)NC(C)(C)C)c1ccccc1[N+](=O)[O-])C2. The van der Waals surface area contributed by atoms with Crippen LogP contribution in [0.25, 0.3) is 0 Å². The number of nitro groups is 1.